The summed E-state index contributed by atoms with van der Waals surface area (Å²) in [4.78, 5) is 22.8. The monoisotopic (exact) mass is 289 g/mol. The number of aryl methyl sites for hydroxylation is 1. The summed E-state index contributed by atoms with van der Waals surface area (Å²) in [7, 11) is 0. The van der Waals surface area contributed by atoms with Gasteiger partial charge in [0.2, 0.25) is 0 Å². The molecule has 1 amide bonds. The molecule has 3 rings (SSSR count). The SMILES string of the molecule is CCc1ocnc1C(=O)N1CCc2oc(C(C)C)nc2C1. The van der Waals surface area contributed by atoms with Gasteiger partial charge in [-0.3, -0.25) is 4.79 Å². The molecule has 6 heteroatoms. The van der Waals surface area contributed by atoms with Crippen LogP contribution in [0.2, 0.25) is 0 Å². The second-order valence-electron chi connectivity index (χ2n) is 5.53. The Morgan fingerprint density at radius 3 is 3.00 bits per heavy atom. The Balaban J connectivity index is 1.81. The number of carbonyl (C=O) groups is 1. The maximum absolute atomic E-state index is 12.5. The Morgan fingerprint density at radius 1 is 1.48 bits per heavy atom. The lowest BCUT2D eigenvalue weighted by molar-refractivity contribution is 0.0720. The Morgan fingerprint density at radius 2 is 2.29 bits per heavy atom. The van der Waals surface area contributed by atoms with Crippen molar-refractivity contribution < 1.29 is 13.6 Å². The molecule has 112 valence electrons. The maximum atomic E-state index is 12.5. The van der Waals surface area contributed by atoms with Crippen LogP contribution in [0.15, 0.2) is 15.2 Å². The van der Waals surface area contributed by atoms with Crippen LogP contribution in [0.1, 0.15) is 60.3 Å². The van der Waals surface area contributed by atoms with Gasteiger partial charge in [0.1, 0.15) is 17.2 Å². The van der Waals surface area contributed by atoms with Crippen LogP contribution < -0.4 is 0 Å². The Bertz CT molecular complexity index is 657. The minimum Gasteiger partial charge on any atom is -0.448 e. The van der Waals surface area contributed by atoms with E-state index >= 15 is 0 Å². The van der Waals surface area contributed by atoms with E-state index in [0.29, 0.717) is 37.4 Å². The van der Waals surface area contributed by atoms with Crippen LogP contribution in [-0.4, -0.2) is 27.3 Å². The first kappa shape index (κ1) is 13.9. The van der Waals surface area contributed by atoms with Crippen molar-refractivity contribution in [3.05, 3.63) is 35.2 Å². The average Bonchev–Trinajstić information content (AvgIpc) is 3.11. The Kier molecular flexibility index (Phi) is 3.53. The fourth-order valence-corrected chi connectivity index (χ4v) is 2.48. The van der Waals surface area contributed by atoms with Crippen LogP contribution in [0, 0.1) is 0 Å². The molecule has 0 saturated heterocycles. The summed E-state index contributed by atoms with van der Waals surface area (Å²) in [5, 5.41) is 0. The van der Waals surface area contributed by atoms with E-state index < -0.39 is 0 Å². The molecule has 3 heterocycles. The molecule has 0 aliphatic carbocycles. The summed E-state index contributed by atoms with van der Waals surface area (Å²) >= 11 is 0. The van der Waals surface area contributed by atoms with Gasteiger partial charge in [-0.05, 0) is 0 Å². The predicted molar refractivity (Wildman–Crippen MR) is 74.9 cm³/mol. The number of hydrogen-bond donors (Lipinski definition) is 0. The smallest absolute Gasteiger partial charge is 0.276 e. The number of nitrogens with zero attached hydrogens (tertiary/aromatic N) is 3. The number of hydrogen-bond acceptors (Lipinski definition) is 5. The van der Waals surface area contributed by atoms with E-state index in [1.165, 1.54) is 6.39 Å². The van der Waals surface area contributed by atoms with Crippen molar-refractivity contribution >= 4 is 5.91 Å². The third-order valence-corrected chi connectivity index (χ3v) is 3.69. The normalized spacial score (nSPS) is 14.6. The molecular weight excluding hydrogens is 270 g/mol. The molecule has 0 radical (unpaired) electrons. The van der Waals surface area contributed by atoms with Crippen molar-refractivity contribution in [3.63, 3.8) is 0 Å². The zero-order chi connectivity index (χ0) is 15.0. The molecule has 1 aliphatic rings. The van der Waals surface area contributed by atoms with E-state index in [9.17, 15) is 4.79 Å². The first-order valence-corrected chi connectivity index (χ1v) is 7.30. The van der Waals surface area contributed by atoms with Crippen molar-refractivity contribution in [2.24, 2.45) is 0 Å². The molecule has 0 bridgehead atoms. The molecule has 6 nitrogen and oxygen atoms in total. The number of oxazole rings is 2. The average molecular weight is 289 g/mol. The van der Waals surface area contributed by atoms with E-state index in [0.717, 1.165) is 17.3 Å². The zero-order valence-corrected chi connectivity index (χ0v) is 12.5. The van der Waals surface area contributed by atoms with Crippen molar-refractivity contribution in [2.45, 2.75) is 46.1 Å². The van der Waals surface area contributed by atoms with Crippen LogP contribution in [-0.2, 0) is 19.4 Å². The second-order valence-corrected chi connectivity index (χ2v) is 5.53. The van der Waals surface area contributed by atoms with Gasteiger partial charge in [-0.15, -0.1) is 0 Å². The summed E-state index contributed by atoms with van der Waals surface area (Å²) in [5.74, 6) is 2.43. The van der Waals surface area contributed by atoms with Gasteiger partial charge in [0.25, 0.3) is 5.91 Å². The number of rotatable bonds is 3. The fraction of sp³-hybridized carbons (Fsp3) is 0.533. The predicted octanol–water partition coefficient (Wildman–Crippen LogP) is 2.55. The van der Waals surface area contributed by atoms with Gasteiger partial charge in [-0.25, -0.2) is 9.97 Å². The lowest BCUT2D eigenvalue weighted by atomic mass is 10.1. The van der Waals surface area contributed by atoms with Crippen molar-refractivity contribution in [1.82, 2.24) is 14.9 Å². The van der Waals surface area contributed by atoms with Crippen LogP contribution >= 0.6 is 0 Å². The summed E-state index contributed by atoms with van der Waals surface area (Å²) in [6.45, 7) is 7.12. The highest BCUT2D eigenvalue weighted by Gasteiger charge is 2.29. The Labute approximate surface area is 123 Å². The van der Waals surface area contributed by atoms with Gasteiger partial charge in [0.05, 0.1) is 6.54 Å². The van der Waals surface area contributed by atoms with Crippen LogP contribution in [0.5, 0.6) is 0 Å². The first-order chi connectivity index (χ1) is 10.1. The molecule has 0 aromatic carbocycles. The Hall–Kier alpha value is -2.11. The molecule has 0 fully saturated rings. The summed E-state index contributed by atoms with van der Waals surface area (Å²) < 4.78 is 11.0. The van der Waals surface area contributed by atoms with E-state index in [2.05, 4.69) is 9.97 Å². The molecule has 2 aromatic heterocycles. The van der Waals surface area contributed by atoms with Gasteiger partial charge in [-0.2, -0.15) is 0 Å². The lowest BCUT2D eigenvalue weighted by Gasteiger charge is -2.24. The number of amides is 1. The number of carbonyl (C=O) groups excluding carboxylic acids is 1. The van der Waals surface area contributed by atoms with Gasteiger partial charge in [-0.1, -0.05) is 20.8 Å². The highest BCUT2D eigenvalue weighted by atomic mass is 16.4. The van der Waals surface area contributed by atoms with E-state index in [4.69, 9.17) is 8.83 Å². The second kappa shape index (κ2) is 5.35. The highest BCUT2D eigenvalue weighted by Crippen LogP contribution is 2.25. The van der Waals surface area contributed by atoms with Crippen molar-refractivity contribution in [3.8, 4) is 0 Å². The molecule has 1 aliphatic heterocycles. The first-order valence-electron chi connectivity index (χ1n) is 7.30. The molecule has 2 aromatic rings. The molecule has 0 spiro atoms. The van der Waals surface area contributed by atoms with Crippen molar-refractivity contribution in [1.29, 1.82) is 0 Å². The molecule has 0 saturated carbocycles. The van der Waals surface area contributed by atoms with Crippen LogP contribution in [0.25, 0.3) is 0 Å². The minimum absolute atomic E-state index is 0.0969. The molecule has 0 N–H and O–H groups in total. The fourth-order valence-electron chi connectivity index (χ4n) is 2.48. The maximum Gasteiger partial charge on any atom is 0.276 e. The van der Waals surface area contributed by atoms with E-state index in [-0.39, 0.29) is 11.8 Å². The quantitative estimate of drug-likeness (QED) is 0.868. The molecule has 21 heavy (non-hydrogen) atoms. The van der Waals surface area contributed by atoms with Crippen molar-refractivity contribution in [2.75, 3.05) is 6.54 Å². The van der Waals surface area contributed by atoms with E-state index in [1.807, 2.05) is 20.8 Å². The van der Waals surface area contributed by atoms with E-state index in [1.54, 1.807) is 4.90 Å². The van der Waals surface area contributed by atoms with Crippen LogP contribution in [0.4, 0.5) is 0 Å². The lowest BCUT2D eigenvalue weighted by Crippen LogP contribution is -2.36. The largest absolute Gasteiger partial charge is 0.448 e. The van der Waals surface area contributed by atoms with Gasteiger partial charge >= 0.3 is 0 Å². The molecule has 0 unspecified atom stereocenters. The third kappa shape index (κ3) is 2.46. The molecular formula is C15H19N3O3. The summed E-state index contributed by atoms with van der Waals surface area (Å²) in [6.07, 6.45) is 2.68. The van der Waals surface area contributed by atoms with Gasteiger partial charge < -0.3 is 13.7 Å². The number of fused-ring (bicyclic) bond motifs is 1. The third-order valence-electron chi connectivity index (χ3n) is 3.69. The number of aromatic nitrogens is 2. The topological polar surface area (TPSA) is 72.4 Å². The van der Waals surface area contributed by atoms with Crippen LogP contribution in [0.3, 0.4) is 0 Å². The minimum atomic E-state index is -0.0969. The van der Waals surface area contributed by atoms with Gasteiger partial charge in [0, 0.05) is 25.3 Å². The highest BCUT2D eigenvalue weighted by molar-refractivity contribution is 5.93. The summed E-state index contributed by atoms with van der Waals surface area (Å²) in [6, 6.07) is 0. The standard InChI is InChI=1S/C15H19N3O3/c1-4-11-13(16-8-20-11)15(19)18-6-5-12-10(7-18)17-14(21-12)9(2)3/h8-9H,4-7H2,1-3H3. The summed E-state index contributed by atoms with van der Waals surface area (Å²) in [5.41, 5.74) is 1.27. The van der Waals surface area contributed by atoms with Gasteiger partial charge in [0.15, 0.2) is 18.0 Å². The molecule has 0 atom stereocenters. The zero-order valence-electron chi connectivity index (χ0n) is 12.5.